The van der Waals surface area contributed by atoms with Crippen LogP contribution < -0.4 is 16.4 Å². The summed E-state index contributed by atoms with van der Waals surface area (Å²) in [5.74, 6) is 0.873. The first-order chi connectivity index (χ1) is 14.0. The zero-order valence-corrected chi connectivity index (χ0v) is 16.1. The second-order valence-electron chi connectivity index (χ2n) is 6.43. The van der Waals surface area contributed by atoms with E-state index in [9.17, 15) is 0 Å². The molecule has 0 radical (unpaired) electrons. The molecule has 1 aromatic heterocycles. The number of aryl methyl sites for hydroxylation is 2. The molecule has 142 valence electrons. The van der Waals surface area contributed by atoms with Crippen molar-refractivity contribution in [1.29, 1.82) is 10.5 Å². The Balaban J connectivity index is 1.85. The summed E-state index contributed by atoms with van der Waals surface area (Å²) in [5, 5.41) is 24.0. The van der Waals surface area contributed by atoms with Crippen molar-refractivity contribution < 1.29 is 0 Å². The van der Waals surface area contributed by atoms with Crippen molar-refractivity contribution in [1.82, 2.24) is 9.97 Å². The number of aromatic nitrogens is 2. The predicted octanol–water partition coefficient (Wildman–Crippen LogP) is 4.57. The molecule has 0 aliphatic rings. The van der Waals surface area contributed by atoms with E-state index in [0.717, 1.165) is 28.1 Å². The van der Waals surface area contributed by atoms with Crippen LogP contribution >= 0.6 is 0 Å². The number of anilines is 5. The molecule has 0 amide bonds. The van der Waals surface area contributed by atoms with Crippen molar-refractivity contribution in [2.45, 2.75) is 13.8 Å². The fourth-order valence-corrected chi connectivity index (χ4v) is 2.85. The minimum absolute atomic E-state index is 0.405. The van der Waals surface area contributed by atoms with Gasteiger partial charge in [0.2, 0.25) is 5.95 Å². The van der Waals surface area contributed by atoms with E-state index in [0.29, 0.717) is 23.0 Å². The lowest BCUT2D eigenvalue weighted by Gasteiger charge is -2.14. The zero-order chi connectivity index (χ0) is 20.8. The molecule has 0 spiro atoms. The Morgan fingerprint density at radius 1 is 1.03 bits per heavy atom. The molecule has 0 saturated heterocycles. The van der Waals surface area contributed by atoms with E-state index < -0.39 is 0 Å². The van der Waals surface area contributed by atoms with Gasteiger partial charge in [0, 0.05) is 17.5 Å². The summed E-state index contributed by atoms with van der Waals surface area (Å²) in [7, 11) is 0. The Hall–Kier alpha value is -4.36. The van der Waals surface area contributed by atoms with Gasteiger partial charge in [-0.15, -0.1) is 0 Å². The van der Waals surface area contributed by atoms with Gasteiger partial charge in [-0.25, -0.2) is 4.98 Å². The molecule has 1 heterocycles. The minimum Gasteiger partial charge on any atom is -0.394 e. The van der Waals surface area contributed by atoms with Crippen LogP contribution in [0.15, 0.2) is 48.7 Å². The van der Waals surface area contributed by atoms with Gasteiger partial charge in [0.05, 0.1) is 29.6 Å². The highest BCUT2D eigenvalue weighted by atomic mass is 15.2. The second kappa shape index (κ2) is 8.55. The van der Waals surface area contributed by atoms with Gasteiger partial charge in [0.1, 0.15) is 0 Å². The summed E-state index contributed by atoms with van der Waals surface area (Å²) in [5.41, 5.74) is 11.6. The highest BCUT2D eigenvalue weighted by Gasteiger charge is 2.09. The lowest BCUT2D eigenvalue weighted by molar-refractivity contribution is 1.16. The first kappa shape index (κ1) is 19.4. The van der Waals surface area contributed by atoms with Gasteiger partial charge in [0.15, 0.2) is 5.82 Å². The van der Waals surface area contributed by atoms with Gasteiger partial charge < -0.3 is 16.4 Å². The summed E-state index contributed by atoms with van der Waals surface area (Å²) < 4.78 is 0. The Morgan fingerprint density at radius 3 is 2.34 bits per heavy atom. The Morgan fingerprint density at radius 2 is 1.72 bits per heavy atom. The molecule has 2 aromatic carbocycles. The maximum atomic E-state index is 8.91. The molecular weight excluding hydrogens is 362 g/mol. The SMILES string of the molecule is Cc1cc(/C=C/C#N)cc(C)c1Nc1ncc(N)c(Nc2ccc(C#N)cc2)n1. The highest BCUT2D eigenvalue weighted by molar-refractivity contribution is 5.72. The fraction of sp³-hybridized carbons (Fsp3) is 0.0909. The van der Waals surface area contributed by atoms with Gasteiger partial charge in [-0.05, 0) is 73.0 Å². The molecule has 0 fully saturated rings. The predicted molar refractivity (Wildman–Crippen MR) is 115 cm³/mol. The Bertz CT molecular complexity index is 1130. The van der Waals surface area contributed by atoms with Crippen LogP contribution in [0, 0.1) is 36.5 Å². The summed E-state index contributed by atoms with van der Waals surface area (Å²) in [6.07, 6.45) is 4.75. The molecule has 0 aliphatic heterocycles. The van der Waals surface area contributed by atoms with Crippen LogP contribution in [0.1, 0.15) is 22.3 Å². The van der Waals surface area contributed by atoms with E-state index in [2.05, 4.69) is 26.7 Å². The van der Waals surface area contributed by atoms with Crippen LogP contribution in [-0.4, -0.2) is 9.97 Å². The maximum absolute atomic E-state index is 8.91. The van der Waals surface area contributed by atoms with Gasteiger partial charge in [-0.1, -0.05) is 0 Å². The smallest absolute Gasteiger partial charge is 0.229 e. The van der Waals surface area contributed by atoms with Crippen LogP contribution in [0.2, 0.25) is 0 Å². The molecule has 3 aromatic rings. The van der Waals surface area contributed by atoms with E-state index >= 15 is 0 Å². The number of hydrogen-bond donors (Lipinski definition) is 3. The largest absolute Gasteiger partial charge is 0.394 e. The number of nitriles is 2. The summed E-state index contributed by atoms with van der Waals surface area (Å²) in [4.78, 5) is 8.75. The number of hydrogen-bond acceptors (Lipinski definition) is 7. The molecular formula is C22H19N7. The van der Waals surface area contributed by atoms with Crippen LogP contribution in [0.3, 0.4) is 0 Å². The summed E-state index contributed by atoms with van der Waals surface area (Å²) in [6.45, 7) is 3.96. The third kappa shape index (κ3) is 4.68. The first-order valence-electron chi connectivity index (χ1n) is 8.84. The normalized spacial score (nSPS) is 10.3. The average Bonchev–Trinajstić information content (AvgIpc) is 2.72. The monoisotopic (exact) mass is 381 g/mol. The summed E-state index contributed by atoms with van der Waals surface area (Å²) in [6, 6.07) is 15.1. The lowest BCUT2D eigenvalue weighted by atomic mass is 10.0. The average molecular weight is 381 g/mol. The van der Waals surface area contributed by atoms with Gasteiger partial charge in [0.25, 0.3) is 0 Å². The Labute approximate surface area is 169 Å². The number of rotatable bonds is 5. The van der Waals surface area contributed by atoms with Gasteiger partial charge >= 0.3 is 0 Å². The van der Waals surface area contributed by atoms with Crippen molar-refractivity contribution >= 4 is 34.9 Å². The summed E-state index contributed by atoms with van der Waals surface area (Å²) >= 11 is 0. The third-order valence-electron chi connectivity index (χ3n) is 4.24. The highest BCUT2D eigenvalue weighted by Crippen LogP contribution is 2.27. The molecule has 3 rings (SSSR count). The van der Waals surface area contributed by atoms with Crippen molar-refractivity contribution in [3.05, 3.63) is 70.9 Å². The number of benzene rings is 2. The third-order valence-corrected chi connectivity index (χ3v) is 4.24. The van der Waals surface area contributed by atoms with E-state index in [-0.39, 0.29) is 0 Å². The van der Waals surface area contributed by atoms with Crippen molar-refractivity contribution in [2.24, 2.45) is 0 Å². The van der Waals surface area contributed by atoms with Crippen LogP contribution in [0.5, 0.6) is 0 Å². The second-order valence-corrected chi connectivity index (χ2v) is 6.43. The zero-order valence-electron chi connectivity index (χ0n) is 16.1. The molecule has 7 heteroatoms. The van der Waals surface area contributed by atoms with Gasteiger partial charge in [-0.3, -0.25) is 0 Å². The quantitative estimate of drug-likeness (QED) is 0.553. The first-order valence-corrected chi connectivity index (χ1v) is 8.84. The molecule has 7 nitrogen and oxygen atoms in total. The molecule has 0 bridgehead atoms. The number of nitrogens with one attached hydrogen (secondary N) is 2. The fourth-order valence-electron chi connectivity index (χ4n) is 2.85. The molecule has 0 atom stereocenters. The number of nitrogens with two attached hydrogens (primary N) is 1. The number of nitrogens with zero attached hydrogens (tertiary/aromatic N) is 4. The molecule has 0 aliphatic carbocycles. The van der Waals surface area contributed by atoms with E-state index in [1.165, 1.54) is 12.3 Å². The van der Waals surface area contributed by atoms with Crippen molar-refractivity contribution in [3.63, 3.8) is 0 Å². The van der Waals surface area contributed by atoms with E-state index in [4.69, 9.17) is 16.3 Å². The minimum atomic E-state index is 0.405. The van der Waals surface area contributed by atoms with Crippen LogP contribution in [0.4, 0.5) is 28.8 Å². The number of allylic oxidation sites excluding steroid dienone is 1. The van der Waals surface area contributed by atoms with E-state index in [1.807, 2.05) is 32.0 Å². The lowest BCUT2D eigenvalue weighted by Crippen LogP contribution is -2.06. The van der Waals surface area contributed by atoms with Crippen LogP contribution in [0.25, 0.3) is 6.08 Å². The molecule has 4 N–H and O–H groups in total. The topological polar surface area (TPSA) is 123 Å². The maximum Gasteiger partial charge on any atom is 0.229 e. The van der Waals surface area contributed by atoms with Crippen LogP contribution in [-0.2, 0) is 0 Å². The van der Waals surface area contributed by atoms with Crippen molar-refractivity contribution in [3.8, 4) is 12.1 Å². The van der Waals surface area contributed by atoms with Crippen molar-refractivity contribution in [2.75, 3.05) is 16.4 Å². The standard InChI is InChI=1S/C22H19N7/c1-14-10-17(4-3-9-23)11-15(2)20(14)28-22-26-13-19(25)21(29-22)27-18-7-5-16(12-24)6-8-18/h3-8,10-11,13H,25H2,1-2H3,(H2,26,27,28,29)/b4-3+. The van der Waals surface area contributed by atoms with Gasteiger partial charge in [-0.2, -0.15) is 15.5 Å². The van der Waals surface area contributed by atoms with E-state index in [1.54, 1.807) is 30.3 Å². The Kier molecular flexibility index (Phi) is 5.72. The number of nitrogen functional groups attached to an aromatic ring is 1. The molecule has 0 unspecified atom stereocenters. The molecule has 0 saturated carbocycles. The molecule has 29 heavy (non-hydrogen) atoms.